The maximum Gasteiger partial charge on any atom is 0.416 e. The number of nitrogens with one attached hydrogen (secondary N) is 1. The monoisotopic (exact) mass is 491 g/mol. The van der Waals surface area contributed by atoms with Crippen LogP contribution in [0.15, 0.2) is 30.3 Å². The van der Waals surface area contributed by atoms with Gasteiger partial charge in [-0.05, 0) is 49.7 Å². The summed E-state index contributed by atoms with van der Waals surface area (Å²) in [4.78, 5) is 23.7. The van der Waals surface area contributed by atoms with E-state index in [9.17, 15) is 18.0 Å². The molecule has 0 radical (unpaired) electrons. The van der Waals surface area contributed by atoms with Gasteiger partial charge in [-0.2, -0.15) is 13.2 Å². The molecule has 3 N–H and O–H groups in total. The number of aromatic nitrogens is 2. The number of rotatable bonds is 5. The number of carbonyl (C=O) groups excluding carboxylic acids is 1. The minimum atomic E-state index is -4.51. The minimum absolute atomic E-state index is 0.0205. The average Bonchev–Trinajstić information content (AvgIpc) is 3.31. The number of amides is 1. The second-order valence-electron chi connectivity index (χ2n) is 8.05. The first-order valence-corrected chi connectivity index (χ1v) is 11.7. The average molecular weight is 492 g/mol. The molecule has 7 nitrogen and oxygen atoms in total. The van der Waals surface area contributed by atoms with Gasteiger partial charge in [0.2, 0.25) is 0 Å². The second-order valence-corrected chi connectivity index (χ2v) is 9.12. The van der Waals surface area contributed by atoms with Crippen LogP contribution in [0.5, 0.6) is 5.75 Å². The number of benzene rings is 2. The summed E-state index contributed by atoms with van der Waals surface area (Å²) in [5.74, 6) is 2.61. The van der Waals surface area contributed by atoms with Gasteiger partial charge in [-0.1, -0.05) is 0 Å². The summed E-state index contributed by atoms with van der Waals surface area (Å²) < 4.78 is 45.3. The van der Waals surface area contributed by atoms with Crippen molar-refractivity contribution in [2.45, 2.75) is 26.1 Å². The van der Waals surface area contributed by atoms with Crippen molar-refractivity contribution in [2.75, 3.05) is 36.3 Å². The Hall–Kier alpha value is -3.21. The molecule has 0 unspecified atom stereocenters. The number of hydrogen-bond acceptors (Lipinski definition) is 7. The largest absolute Gasteiger partial charge is 0.496 e. The fourth-order valence-corrected chi connectivity index (χ4v) is 4.79. The quantitative estimate of drug-likeness (QED) is 0.492. The van der Waals surface area contributed by atoms with Crippen LogP contribution in [0.1, 0.15) is 40.3 Å². The third kappa shape index (κ3) is 4.84. The van der Waals surface area contributed by atoms with Crippen LogP contribution < -0.4 is 15.8 Å². The van der Waals surface area contributed by atoms with E-state index in [-0.39, 0.29) is 11.6 Å². The van der Waals surface area contributed by atoms with Gasteiger partial charge in [0.15, 0.2) is 0 Å². The molecule has 1 aliphatic heterocycles. The van der Waals surface area contributed by atoms with Crippen molar-refractivity contribution in [3.8, 4) is 5.75 Å². The van der Waals surface area contributed by atoms with Gasteiger partial charge in [0.25, 0.3) is 5.91 Å². The fraction of sp³-hybridized carbons (Fsp3) is 0.348. The number of ether oxygens (including phenoxy) is 1. The number of methoxy groups -OCH3 is 1. The minimum Gasteiger partial charge on any atom is -0.496 e. The van der Waals surface area contributed by atoms with Crippen molar-refractivity contribution < 1.29 is 22.7 Å². The lowest BCUT2D eigenvalue weighted by molar-refractivity contribution is -0.137. The third-order valence-corrected chi connectivity index (χ3v) is 6.52. The smallest absolute Gasteiger partial charge is 0.416 e. The molecule has 0 spiro atoms. The molecule has 180 valence electrons. The first-order valence-electron chi connectivity index (χ1n) is 10.5. The second kappa shape index (κ2) is 9.21. The molecule has 0 aliphatic carbocycles. The molecule has 3 aromatic rings. The molecule has 2 aromatic carbocycles. The SMILES string of the molecule is COc1cc2c(N[C@H](C)c3cc(N)cc(C(F)(F)F)c3)nc(C)nc2cc1C(=O)N1CCSC1. The van der Waals surface area contributed by atoms with Crippen LogP contribution in [0.25, 0.3) is 10.9 Å². The summed E-state index contributed by atoms with van der Waals surface area (Å²) in [5, 5.41) is 3.76. The van der Waals surface area contributed by atoms with Gasteiger partial charge in [-0.25, -0.2) is 9.97 Å². The number of nitrogen functional groups attached to an aromatic ring is 1. The van der Waals surface area contributed by atoms with Crippen LogP contribution in [0.3, 0.4) is 0 Å². The predicted molar refractivity (Wildman–Crippen MR) is 127 cm³/mol. The van der Waals surface area contributed by atoms with Crippen molar-refractivity contribution in [2.24, 2.45) is 0 Å². The Morgan fingerprint density at radius 3 is 2.65 bits per heavy atom. The topological polar surface area (TPSA) is 93.4 Å². The van der Waals surface area contributed by atoms with Gasteiger partial charge in [0.05, 0.1) is 35.7 Å². The van der Waals surface area contributed by atoms with E-state index in [1.54, 1.807) is 42.6 Å². The number of carbonyl (C=O) groups is 1. The highest BCUT2D eigenvalue weighted by atomic mass is 32.2. The Bertz CT molecular complexity index is 1250. The first-order chi connectivity index (χ1) is 16.1. The Labute approximate surface area is 198 Å². The van der Waals surface area contributed by atoms with E-state index in [0.29, 0.717) is 51.8 Å². The first kappa shape index (κ1) is 23.9. The van der Waals surface area contributed by atoms with Crippen molar-refractivity contribution in [1.82, 2.24) is 14.9 Å². The lowest BCUT2D eigenvalue weighted by atomic mass is 10.0. The molecule has 0 saturated carbocycles. The van der Waals surface area contributed by atoms with E-state index in [4.69, 9.17) is 10.5 Å². The summed E-state index contributed by atoms with van der Waals surface area (Å²) >= 11 is 1.68. The molecule has 1 fully saturated rings. The number of nitrogens with zero attached hydrogens (tertiary/aromatic N) is 3. The Morgan fingerprint density at radius 1 is 1.24 bits per heavy atom. The van der Waals surface area contributed by atoms with E-state index in [0.717, 1.165) is 17.9 Å². The van der Waals surface area contributed by atoms with E-state index in [2.05, 4.69) is 15.3 Å². The van der Waals surface area contributed by atoms with Crippen molar-refractivity contribution in [3.05, 3.63) is 52.8 Å². The molecular weight excluding hydrogens is 467 g/mol. The van der Waals surface area contributed by atoms with Crippen LogP contribution in [0.2, 0.25) is 0 Å². The number of anilines is 2. The van der Waals surface area contributed by atoms with Gasteiger partial charge in [0, 0.05) is 23.4 Å². The van der Waals surface area contributed by atoms with Crippen LogP contribution in [0, 0.1) is 6.92 Å². The van der Waals surface area contributed by atoms with E-state index >= 15 is 0 Å². The van der Waals surface area contributed by atoms with Crippen molar-refractivity contribution in [1.29, 1.82) is 0 Å². The molecule has 0 bridgehead atoms. The maximum atomic E-state index is 13.3. The molecule has 1 saturated heterocycles. The summed E-state index contributed by atoms with van der Waals surface area (Å²) in [6.07, 6.45) is -4.51. The van der Waals surface area contributed by atoms with Gasteiger partial charge >= 0.3 is 6.18 Å². The Kier molecular flexibility index (Phi) is 6.48. The lowest BCUT2D eigenvalue weighted by Gasteiger charge is -2.20. The highest BCUT2D eigenvalue weighted by molar-refractivity contribution is 7.99. The summed E-state index contributed by atoms with van der Waals surface area (Å²) in [6.45, 7) is 4.09. The summed E-state index contributed by atoms with van der Waals surface area (Å²) in [5.41, 5.74) is 6.23. The number of alkyl halides is 3. The molecule has 1 atom stereocenters. The number of nitrogens with two attached hydrogens (primary N) is 1. The van der Waals surface area contributed by atoms with Crippen molar-refractivity contribution in [3.63, 3.8) is 0 Å². The standard InChI is InChI=1S/C23H24F3N5O2S/c1-12(14-6-15(23(24,25)26)8-16(27)7-14)28-21-17-10-20(33-3)18(9-19(17)29-13(2)30-21)22(32)31-4-5-34-11-31/h6-10,12H,4-5,11,27H2,1-3H3,(H,28,29,30)/t12-/m1/s1. The van der Waals surface area contributed by atoms with Crippen molar-refractivity contribution >= 4 is 40.1 Å². The number of fused-ring (bicyclic) bond motifs is 1. The maximum absolute atomic E-state index is 13.3. The van der Waals surface area contributed by atoms with Gasteiger partial charge in [0.1, 0.15) is 17.4 Å². The zero-order valence-electron chi connectivity index (χ0n) is 18.9. The van der Waals surface area contributed by atoms with E-state index < -0.39 is 17.8 Å². The molecule has 34 heavy (non-hydrogen) atoms. The normalized spacial score (nSPS) is 14.9. The zero-order chi connectivity index (χ0) is 24.6. The number of halogens is 3. The molecular formula is C23H24F3N5O2S. The molecule has 11 heteroatoms. The number of thioether (sulfide) groups is 1. The lowest BCUT2D eigenvalue weighted by Crippen LogP contribution is -2.28. The van der Waals surface area contributed by atoms with Gasteiger partial charge < -0.3 is 20.7 Å². The Balaban J connectivity index is 1.73. The van der Waals surface area contributed by atoms with Gasteiger partial charge in [-0.15, -0.1) is 11.8 Å². The highest BCUT2D eigenvalue weighted by Crippen LogP contribution is 2.35. The van der Waals surface area contributed by atoms with Crippen LogP contribution in [-0.2, 0) is 6.18 Å². The molecule has 1 aromatic heterocycles. The number of aryl methyl sites for hydroxylation is 1. The molecule has 4 rings (SSSR count). The number of hydrogen-bond donors (Lipinski definition) is 2. The van der Waals surface area contributed by atoms with E-state index in [1.807, 2.05) is 0 Å². The van der Waals surface area contributed by atoms with Gasteiger partial charge in [-0.3, -0.25) is 4.79 Å². The Morgan fingerprint density at radius 2 is 2.00 bits per heavy atom. The third-order valence-electron chi connectivity index (χ3n) is 5.56. The molecule has 1 aliphatic rings. The predicted octanol–water partition coefficient (Wildman–Crippen LogP) is 4.87. The van der Waals surface area contributed by atoms with Crippen LogP contribution >= 0.6 is 11.8 Å². The summed E-state index contributed by atoms with van der Waals surface area (Å²) in [7, 11) is 1.48. The van der Waals surface area contributed by atoms with E-state index in [1.165, 1.54) is 13.2 Å². The molecule has 1 amide bonds. The highest BCUT2D eigenvalue weighted by Gasteiger charge is 2.31. The summed E-state index contributed by atoms with van der Waals surface area (Å²) in [6, 6.07) is 6.27. The zero-order valence-corrected chi connectivity index (χ0v) is 19.7. The fourth-order valence-electron chi connectivity index (χ4n) is 3.84. The van der Waals surface area contributed by atoms with Crippen LogP contribution in [-0.4, -0.2) is 46.1 Å². The van der Waals surface area contributed by atoms with Crippen LogP contribution in [0.4, 0.5) is 24.7 Å². The molecule has 2 heterocycles.